The van der Waals surface area contributed by atoms with Crippen molar-refractivity contribution >= 4 is 0 Å². The second kappa shape index (κ2) is 3.69. The van der Waals surface area contributed by atoms with E-state index in [4.69, 9.17) is 0 Å². The fourth-order valence-corrected chi connectivity index (χ4v) is 1.50. The summed E-state index contributed by atoms with van der Waals surface area (Å²) in [5.74, 6) is 0.628. The smallest absolute Gasteiger partial charge is 0.251 e. The Morgan fingerprint density at radius 2 is 2.00 bits per heavy atom. The lowest BCUT2D eigenvalue weighted by Crippen LogP contribution is -2.06. The van der Waals surface area contributed by atoms with Crippen molar-refractivity contribution in [3.63, 3.8) is 0 Å². The van der Waals surface area contributed by atoms with E-state index in [0.717, 1.165) is 16.7 Å². The molecule has 0 spiro atoms. The van der Waals surface area contributed by atoms with Gasteiger partial charge >= 0.3 is 0 Å². The Balaban J connectivity index is 2.63. The molecule has 0 saturated carbocycles. The first-order valence-corrected chi connectivity index (χ1v) is 4.80. The van der Waals surface area contributed by atoms with Crippen LogP contribution in [0.2, 0.25) is 0 Å². The van der Waals surface area contributed by atoms with Crippen molar-refractivity contribution in [2.75, 3.05) is 0 Å². The van der Waals surface area contributed by atoms with Crippen LogP contribution in [0, 0.1) is 13.8 Å². The molecule has 3 heteroatoms. The number of rotatable bonds is 1. The van der Waals surface area contributed by atoms with E-state index in [1.165, 1.54) is 12.3 Å². The van der Waals surface area contributed by atoms with E-state index in [1.807, 2.05) is 32.0 Å². The predicted octanol–water partition coefficient (Wildman–Crippen LogP) is 2.05. The largest absolute Gasteiger partial charge is 0.307 e. The highest BCUT2D eigenvalue weighted by atomic mass is 16.1. The average Bonchev–Trinajstić information content (AvgIpc) is 2.22. The summed E-state index contributed by atoms with van der Waals surface area (Å²) < 4.78 is 0. The van der Waals surface area contributed by atoms with Gasteiger partial charge < -0.3 is 4.98 Å². The summed E-state index contributed by atoms with van der Waals surface area (Å²) >= 11 is 0. The van der Waals surface area contributed by atoms with Crippen molar-refractivity contribution < 1.29 is 0 Å². The van der Waals surface area contributed by atoms with E-state index in [9.17, 15) is 4.79 Å². The predicted molar refractivity (Wildman–Crippen MR) is 59.8 cm³/mol. The molecule has 0 aliphatic rings. The molecule has 0 saturated heterocycles. The van der Waals surface area contributed by atoms with Gasteiger partial charge in [-0.1, -0.05) is 17.7 Å². The van der Waals surface area contributed by atoms with Gasteiger partial charge in [-0.05, 0) is 25.5 Å². The van der Waals surface area contributed by atoms with Gasteiger partial charge in [-0.25, -0.2) is 4.98 Å². The van der Waals surface area contributed by atoms with Crippen molar-refractivity contribution in [2.24, 2.45) is 0 Å². The maximum absolute atomic E-state index is 11.2. The SMILES string of the molecule is Cc1ccc(C)c(-c2nccc(=O)[nH]2)c1. The standard InChI is InChI=1S/C12H12N2O/c1-8-3-4-9(2)10(7-8)12-13-6-5-11(15)14-12/h3-7H,1-2H3,(H,13,14,15). The second-order valence-corrected chi connectivity index (χ2v) is 3.60. The quantitative estimate of drug-likeness (QED) is 0.765. The number of H-pyrrole nitrogens is 1. The van der Waals surface area contributed by atoms with Crippen LogP contribution in [0.1, 0.15) is 11.1 Å². The lowest BCUT2D eigenvalue weighted by molar-refractivity contribution is 1.12. The molecule has 0 amide bonds. The monoisotopic (exact) mass is 200 g/mol. The molecule has 0 unspecified atom stereocenters. The minimum Gasteiger partial charge on any atom is -0.307 e. The van der Waals surface area contributed by atoms with Crippen molar-refractivity contribution in [2.45, 2.75) is 13.8 Å². The minimum atomic E-state index is -0.124. The van der Waals surface area contributed by atoms with Crippen LogP contribution in [-0.2, 0) is 0 Å². The highest BCUT2D eigenvalue weighted by Gasteiger charge is 2.03. The van der Waals surface area contributed by atoms with Crippen LogP contribution in [0.3, 0.4) is 0 Å². The minimum absolute atomic E-state index is 0.124. The third-order valence-electron chi connectivity index (χ3n) is 2.32. The highest BCUT2D eigenvalue weighted by molar-refractivity contribution is 5.60. The molecule has 0 aliphatic carbocycles. The third-order valence-corrected chi connectivity index (χ3v) is 2.32. The summed E-state index contributed by atoms with van der Waals surface area (Å²) in [7, 11) is 0. The summed E-state index contributed by atoms with van der Waals surface area (Å²) in [4.78, 5) is 18.0. The van der Waals surface area contributed by atoms with Gasteiger partial charge in [0.1, 0.15) is 5.82 Å². The Kier molecular flexibility index (Phi) is 2.37. The number of aromatic nitrogens is 2. The zero-order chi connectivity index (χ0) is 10.8. The van der Waals surface area contributed by atoms with Gasteiger partial charge in [0, 0.05) is 17.8 Å². The number of nitrogens with one attached hydrogen (secondary N) is 1. The molecule has 1 N–H and O–H groups in total. The molecule has 1 aromatic carbocycles. The van der Waals surface area contributed by atoms with E-state index >= 15 is 0 Å². The fourth-order valence-electron chi connectivity index (χ4n) is 1.50. The molecule has 0 fully saturated rings. The van der Waals surface area contributed by atoms with Crippen molar-refractivity contribution in [3.05, 3.63) is 51.9 Å². The molecular weight excluding hydrogens is 188 g/mol. The number of hydrogen-bond acceptors (Lipinski definition) is 2. The Hall–Kier alpha value is -1.90. The van der Waals surface area contributed by atoms with Crippen LogP contribution in [0.5, 0.6) is 0 Å². The van der Waals surface area contributed by atoms with E-state index in [2.05, 4.69) is 9.97 Å². The van der Waals surface area contributed by atoms with Gasteiger partial charge in [-0.2, -0.15) is 0 Å². The molecule has 3 nitrogen and oxygen atoms in total. The summed E-state index contributed by atoms with van der Waals surface area (Å²) in [6.07, 6.45) is 1.52. The van der Waals surface area contributed by atoms with Crippen LogP contribution in [-0.4, -0.2) is 9.97 Å². The lowest BCUT2D eigenvalue weighted by atomic mass is 10.1. The Bertz CT molecular complexity index is 543. The summed E-state index contributed by atoms with van der Waals surface area (Å²) in [6.45, 7) is 4.02. The van der Waals surface area contributed by atoms with E-state index in [-0.39, 0.29) is 5.56 Å². The molecule has 2 aromatic rings. The van der Waals surface area contributed by atoms with Crippen molar-refractivity contribution in [3.8, 4) is 11.4 Å². The molecule has 76 valence electrons. The first-order valence-electron chi connectivity index (χ1n) is 4.80. The van der Waals surface area contributed by atoms with Crippen LogP contribution in [0.15, 0.2) is 35.3 Å². The Labute approximate surface area is 87.8 Å². The van der Waals surface area contributed by atoms with Crippen LogP contribution in [0.25, 0.3) is 11.4 Å². The lowest BCUT2D eigenvalue weighted by Gasteiger charge is -2.05. The van der Waals surface area contributed by atoms with Crippen LogP contribution < -0.4 is 5.56 Å². The van der Waals surface area contributed by atoms with Gasteiger partial charge in [-0.15, -0.1) is 0 Å². The second-order valence-electron chi connectivity index (χ2n) is 3.60. The molecule has 1 heterocycles. The Morgan fingerprint density at radius 1 is 1.20 bits per heavy atom. The maximum Gasteiger partial charge on any atom is 0.251 e. The zero-order valence-electron chi connectivity index (χ0n) is 8.74. The summed E-state index contributed by atoms with van der Waals surface area (Å²) in [5, 5.41) is 0. The first-order chi connectivity index (χ1) is 7.16. The molecule has 0 aliphatic heterocycles. The van der Waals surface area contributed by atoms with Gasteiger partial charge in [0.25, 0.3) is 5.56 Å². The van der Waals surface area contributed by atoms with Crippen LogP contribution >= 0.6 is 0 Å². The van der Waals surface area contributed by atoms with Crippen molar-refractivity contribution in [1.29, 1.82) is 0 Å². The number of aromatic amines is 1. The van der Waals surface area contributed by atoms with Gasteiger partial charge in [-0.3, -0.25) is 4.79 Å². The van der Waals surface area contributed by atoms with Crippen LogP contribution in [0.4, 0.5) is 0 Å². The molecule has 1 aromatic heterocycles. The fraction of sp³-hybridized carbons (Fsp3) is 0.167. The molecule has 2 rings (SSSR count). The van der Waals surface area contributed by atoms with Gasteiger partial charge in [0.05, 0.1) is 0 Å². The number of aryl methyl sites for hydroxylation is 2. The molecule has 0 bridgehead atoms. The van der Waals surface area contributed by atoms with E-state index < -0.39 is 0 Å². The average molecular weight is 200 g/mol. The summed E-state index contributed by atoms with van der Waals surface area (Å²) in [5.41, 5.74) is 3.12. The molecule has 15 heavy (non-hydrogen) atoms. The van der Waals surface area contributed by atoms with E-state index in [1.54, 1.807) is 0 Å². The number of benzene rings is 1. The third kappa shape index (κ3) is 1.96. The van der Waals surface area contributed by atoms with Crippen molar-refractivity contribution in [1.82, 2.24) is 9.97 Å². The Morgan fingerprint density at radius 3 is 2.73 bits per heavy atom. The normalized spacial score (nSPS) is 10.3. The molecule has 0 radical (unpaired) electrons. The first kappa shape index (κ1) is 9.65. The number of hydrogen-bond donors (Lipinski definition) is 1. The van der Waals surface area contributed by atoms with Gasteiger partial charge in [0.15, 0.2) is 0 Å². The zero-order valence-corrected chi connectivity index (χ0v) is 8.74. The number of nitrogens with zero attached hydrogens (tertiary/aromatic N) is 1. The molecule has 0 atom stereocenters. The maximum atomic E-state index is 11.2. The molecular formula is C12H12N2O. The summed E-state index contributed by atoms with van der Waals surface area (Å²) in [6, 6.07) is 7.50. The van der Waals surface area contributed by atoms with Gasteiger partial charge in [0.2, 0.25) is 0 Å². The topological polar surface area (TPSA) is 45.8 Å². The highest BCUT2D eigenvalue weighted by Crippen LogP contribution is 2.19. The van der Waals surface area contributed by atoms with E-state index in [0.29, 0.717) is 5.82 Å².